The van der Waals surface area contributed by atoms with E-state index in [1.165, 1.54) is 24.8 Å². The van der Waals surface area contributed by atoms with E-state index >= 15 is 0 Å². The Morgan fingerprint density at radius 3 is 2.15 bits per heavy atom. The van der Waals surface area contributed by atoms with Crippen LogP contribution in [0.15, 0.2) is 36.4 Å². The van der Waals surface area contributed by atoms with Gasteiger partial charge in [-0.3, -0.25) is 0 Å². The van der Waals surface area contributed by atoms with E-state index in [9.17, 15) is 0 Å². The van der Waals surface area contributed by atoms with Crippen LogP contribution in [0.4, 0.5) is 0 Å². The summed E-state index contributed by atoms with van der Waals surface area (Å²) >= 11 is 0. The van der Waals surface area contributed by atoms with Crippen LogP contribution in [0.25, 0.3) is 6.08 Å². The van der Waals surface area contributed by atoms with E-state index in [-0.39, 0.29) is 0 Å². The van der Waals surface area contributed by atoms with Gasteiger partial charge in [-0.05, 0) is 48.7 Å². The molecule has 4 fully saturated rings. The maximum Gasteiger partial charge on any atom is 0.0971 e. The van der Waals surface area contributed by atoms with Crippen LogP contribution in [0.5, 0.6) is 0 Å². The highest BCUT2D eigenvalue weighted by atomic mass is 15.0. The molecule has 0 saturated heterocycles. The molecule has 106 valence electrons. The molecule has 5 rings (SSSR count). The third kappa shape index (κ3) is 2.44. The Hall–Kier alpha value is -1.08. The van der Waals surface area contributed by atoms with Crippen LogP contribution in [0, 0.1) is 17.8 Å². The van der Waals surface area contributed by atoms with E-state index in [2.05, 4.69) is 47.8 Å². The zero-order valence-electron chi connectivity index (χ0n) is 12.3. The van der Waals surface area contributed by atoms with Crippen molar-refractivity contribution < 1.29 is 5.32 Å². The molecule has 4 bridgehead atoms. The molecule has 0 spiro atoms. The second-order valence-electron chi connectivity index (χ2n) is 7.53. The molecular weight excluding hydrogens is 242 g/mol. The molecule has 20 heavy (non-hydrogen) atoms. The minimum atomic E-state index is 0.621. The molecule has 0 aromatic heterocycles. The van der Waals surface area contributed by atoms with Gasteiger partial charge in [0.1, 0.15) is 0 Å². The lowest BCUT2D eigenvalue weighted by Crippen LogP contribution is -2.98. The van der Waals surface area contributed by atoms with Gasteiger partial charge in [-0.2, -0.15) is 0 Å². The molecule has 0 amide bonds. The van der Waals surface area contributed by atoms with Crippen molar-refractivity contribution in [3.8, 4) is 0 Å². The molecule has 1 aromatic carbocycles. The Kier molecular flexibility index (Phi) is 3.18. The van der Waals surface area contributed by atoms with Crippen molar-refractivity contribution >= 4 is 6.08 Å². The highest BCUT2D eigenvalue weighted by Gasteiger charge is 2.53. The molecule has 2 N–H and O–H groups in total. The summed E-state index contributed by atoms with van der Waals surface area (Å²) in [5, 5.41) is 2.68. The van der Waals surface area contributed by atoms with Gasteiger partial charge in [0, 0.05) is 19.3 Å². The van der Waals surface area contributed by atoms with Gasteiger partial charge in [0.05, 0.1) is 12.1 Å². The summed E-state index contributed by atoms with van der Waals surface area (Å²) in [6.45, 7) is 1.15. The van der Waals surface area contributed by atoms with Gasteiger partial charge in [-0.15, -0.1) is 0 Å². The van der Waals surface area contributed by atoms with E-state index in [1.807, 2.05) is 0 Å². The normalized spacial score (nSPS) is 38.7. The average Bonchev–Trinajstić information content (AvgIpc) is 2.43. The lowest BCUT2D eigenvalue weighted by molar-refractivity contribution is -0.731. The molecule has 0 unspecified atom stereocenters. The number of rotatable bonds is 4. The minimum absolute atomic E-state index is 0.621. The first kappa shape index (κ1) is 12.6. The van der Waals surface area contributed by atoms with E-state index in [0.717, 1.165) is 24.3 Å². The lowest BCUT2D eigenvalue weighted by Gasteiger charge is -2.54. The number of nitrogens with two attached hydrogens (primary N) is 1. The zero-order valence-corrected chi connectivity index (χ0v) is 12.3. The third-order valence-electron chi connectivity index (χ3n) is 5.88. The Morgan fingerprint density at radius 1 is 0.950 bits per heavy atom. The molecule has 4 aliphatic carbocycles. The first-order valence-electron chi connectivity index (χ1n) is 8.37. The van der Waals surface area contributed by atoms with Gasteiger partial charge < -0.3 is 5.32 Å². The van der Waals surface area contributed by atoms with Crippen molar-refractivity contribution in [3.63, 3.8) is 0 Å². The summed E-state index contributed by atoms with van der Waals surface area (Å²) < 4.78 is 0. The summed E-state index contributed by atoms with van der Waals surface area (Å²) in [7, 11) is 0. The Labute approximate surface area is 122 Å². The summed E-state index contributed by atoms with van der Waals surface area (Å²) in [6, 6.07) is 10.7. The SMILES string of the molecule is C(=C\c1ccccc1)/C[NH2+]C12CC3CC(CC(C3)C1)C2. The van der Waals surface area contributed by atoms with Crippen LogP contribution >= 0.6 is 0 Å². The van der Waals surface area contributed by atoms with E-state index in [4.69, 9.17) is 0 Å². The smallest absolute Gasteiger partial charge is 0.0971 e. The van der Waals surface area contributed by atoms with Crippen molar-refractivity contribution in [2.45, 2.75) is 44.1 Å². The summed E-state index contributed by atoms with van der Waals surface area (Å²) in [5.41, 5.74) is 1.95. The largest absolute Gasteiger partial charge is 0.338 e. The fourth-order valence-electron chi connectivity index (χ4n) is 5.51. The standard InChI is InChI=1S/C19H25N/c1-2-5-15(6-3-1)7-4-8-20-19-12-16-9-17(13-19)11-18(10-16)14-19/h1-7,16-18,20H,8-14H2/p+1/b7-4+. The molecule has 4 aliphatic rings. The molecule has 1 heteroatoms. The second-order valence-corrected chi connectivity index (χ2v) is 7.53. The number of benzene rings is 1. The maximum absolute atomic E-state index is 2.68. The predicted molar refractivity (Wildman–Crippen MR) is 83.2 cm³/mol. The molecule has 0 atom stereocenters. The fourth-order valence-corrected chi connectivity index (χ4v) is 5.51. The molecule has 1 aromatic rings. The van der Waals surface area contributed by atoms with Crippen LogP contribution in [-0.4, -0.2) is 12.1 Å². The van der Waals surface area contributed by atoms with Crippen molar-refractivity contribution in [2.24, 2.45) is 17.8 Å². The Bertz CT molecular complexity index is 452. The van der Waals surface area contributed by atoms with Gasteiger partial charge in [-0.1, -0.05) is 36.4 Å². The van der Waals surface area contributed by atoms with Crippen molar-refractivity contribution in [2.75, 3.05) is 6.54 Å². The monoisotopic (exact) mass is 268 g/mol. The van der Waals surface area contributed by atoms with E-state index < -0.39 is 0 Å². The van der Waals surface area contributed by atoms with Gasteiger partial charge in [0.2, 0.25) is 0 Å². The molecular formula is C19H26N+. The highest BCUT2D eigenvalue weighted by molar-refractivity contribution is 5.48. The third-order valence-corrected chi connectivity index (χ3v) is 5.88. The molecule has 0 heterocycles. The Morgan fingerprint density at radius 2 is 1.55 bits per heavy atom. The van der Waals surface area contributed by atoms with Crippen molar-refractivity contribution in [3.05, 3.63) is 42.0 Å². The number of hydrogen-bond donors (Lipinski definition) is 1. The Balaban J connectivity index is 1.37. The fraction of sp³-hybridized carbons (Fsp3) is 0.579. The maximum atomic E-state index is 2.68. The van der Waals surface area contributed by atoms with Crippen molar-refractivity contribution in [1.29, 1.82) is 0 Å². The van der Waals surface area contributed by atoms with Crippen LogP contribution in [0.3, 0.4) is 0 Å². The van der Waals surface area contributed by atoms with Crippen LogP contribution in [0.2, 0.25) is 0 Å². The first-order valence-corrected chi connectivity index (χ1v) is 8.37. The second kappa shape index (κ2) is 5.04. The van der Waals surface area contributed by atoms with Crippen LogP contribution in [-0.2, 0) is 0 Å². The molecule has 0 radical (unpaired) electrons. The molecule has 4 saturated carbocycles. The van der Waals surface area contributed by atoms with Gasteiger partial charge in [0.15, 0.2) is 0 Å². The number of hydrogen-bond acceptors (Lipinski definition) is 0. The van der Waals surface area contributed by atoms with E-state index in [0.29, 0.717) is 5.54 Å². The lowest BCUT2D eigenvalue weighted by atomic mass is 9.53. The zero-order chi connectivity index (χ0) is 13.4. The average molecular weight is 268 g/mol. The predicted octanol–water partition coefficient (Wildman–Crippen LogP) is 3.23. The van der Waals surface area contributed by atoms with E-state index in [1.54, 1.807) is 19.3 Å². The van der Waals surface area contributed by atoms with Crippen LogP contribution < -0.4 is 5.32 Å². The highest BCUT2D eigenvalue weighted by Crippen LogP contribution is 2.54. The van der Waals surface area contributed by atoms with Crippen molar-refractivity contribution in [1.82, 2.24) is 0 Å². The van der Waals surface area contributed by atoms with Crippen LogP contribution in [0.1, 0.15) is 44.1 Å². The van der Waals surface area contributed by atoms with Gasteiger partial charge in [0.25, 0.3) is 0 Å². The molecule has 1 nitrogen and oxygen atoms in total. The van der Waals surface area contributed by atoms with Gasteiger partial charge in [-0.25, -0.2) is 0 Å². The minimum Gasteiger partial charge on any atom is -0.338 e. The quantitative estimate of drug-likeness (QED) is 0.863. The molecule has 0 aliphatic heterocycles. The number of quaternary nitrogens is 1. The summed E-state index contributed by atoms with van der Waals surface area (Å²) in [6.07, 6.45) is 13.8. The topological polar surface area (TPSA) is 16.6 Å². The van der Waals surface area contributed by atoms with Gasteiger partial charge >= 0.3 is 0 Å². The summed E-state index contributed by atoms with van der Waals surface area (Å²) in [5.74, 6) is 3.20. The first-order chi connectivity index (χ1) is 9.81. The summed E-state index contributed by atoms with van der Waals surface area (Å²) in [4.78, 5) is 0.